The number of alkyl halides is 3. The van der Waals surface area contributed by atoms with Crippen molar-refractivity contribution >= 4 is 17.6 Å². The van der Waals surface area contributed by atoms with E-state index in [0.29, 0.717) is 50.1 Å². The molecule has 0 aliphatic carbocycles. The molecule has 2 atom stereocenters. The average molecular weight is 543 g/mol. The minimum Gasteiger partial charge on any atom is -0.479 e. The molecule has 6 nitrogen and oxygen atoms in total. The molecule has 0 saturated carbocycles. The van der Waals surface area contributed by atoms with Gasteiger partial charge in [-0.25, -0.2) is 4.99 Å². The fourth-order valence-corrected chi connectivity index (χ4v) is 5.12. The molecule has 0 bridgehead atoms. The van der Waals surface area contributed by atoms with Crippen LogP contribution in [0.1, 0.15) is 66.8 Å². The molecular formula is C30H37F3N4O2. The second kappa shape index (κ2) is 12.7. The predicted octanol–water partition coefficient (Wildman–Crippen LogP) is 5.71. The Morgan fingerprint density at radius 1 is 1.13 bits per heavy atom. The highest BCUT2D eigenvalue weighted by molar-refractivity contribution is 5.92. The molecule has 2 aliphatic heterocycles. The van der Waals surface area contributed by atoms with Gasteiger partial charge >= 0.3 is 6.18 Å². The highest BCUT2D eigenvalue weighted by Crippen LogP contribution is 2.35. The highest BCUT2D eigenvalue weighted by Gasteiger charge is 2.39. The van der Waals surface area contributed by atoms with E-state index in [-0.39, 0.29) is 23.8 Å². The molecule has 0 aromatic heterocycles. The molecule has 1 fully saturated rings. The first-order chi connectivity index (χ1) is 18.7. The number of allylic oxidation sites excluding steroid dienone is 1. The number of likely N-dealkylation sites (tertiary alicyclic amines) is 1. The summed E-state index contributed by atoms with van der Waals surface area (Å²) in [5.41, 5.74) is 8.20. The lowest BCUT2D eigenvalue weighted by Gasteiger charge is -2.28. The molecule has 1 saturated heterocycles. The zero-order valence-corrected chi connectivity index (χ0v) is 22.3. The van der Waals surface area contributed by atoms with Crippen molar-refractivity contribution in [2.24, 2.45) is 10.7 Å². The third-order valence-electron chi connectivity index (χ3n) is 7.33. The van der Waals surface area contributed by atoms with Crippen LogP contribution in [0.4, 0.5) is 13.2 Å². The van der Waals surface area contributed by atoms with Crippen LogP contribution in [0, 0.1) is 5.41 Å². The number of hydrogen-bond donors (Lipinski definition) is 3. The van der Waals surface area contributed by atoms with E-state index in [1.807, 2.05) is 12.1 Å². The van der Waals surface area contributed by atoms with E-state index in [1.54, 1.807) is 12.1 Å². The summed E-state index contributed by atoms with van der Waals surface area (Å²) in [5, 5.41) is 18.4. The Bertz CT molecular complexity index is 1210. The first-order valence-electron chi connectivity index (χ1n) is 13.7. The van der Waals surface area contributed by atoms with E-state index in [9.17, 15) is 18.3 Å². The molecule has 210 valence electrons. The van der Waals surface area contributed by atoms with Gasteiger partial charge in [0, 0.05) is 12.1 Å². The normalized spacial score (nSPS) is 20.1. The maximum atomic E-state index is 14.2. The van der Waals surface area contributed by atoms with Crippen molar-refractivity contribution in [2.45, 2.75) is 76.6 Å². The van der Waals surface area contributed by atoms with E-state index in [4.69, 9.17) is 15.9 Å². The molecule has 0 amide bonds. The van der Waals surface area contributed by atoms with Crippen molar-refractivity contribution in [1.29, 1.82) is 5.41 Å². The molecule has 9 heteroatoms. The number of unbranched alkanes of at least 4 members (excludes halogenated alkanes) is 1. The highest BCUT2D eigenvalue weighted by atomic mass is 19.4. The number of hydrogen-bond acceptors (Lipinski definition) is 4. The van der Waals surface area contributed by atoms with Crippen LogP contribution in [-0.2, 0) is 30.2 Å². The molecule has 0 radical (unpaired) electrons. The Labute approximate surface area is 227 Å². The second-order valence-corrected chi connectivity index (χ2v) is 10.2. The monoisotopic (exact) mass is 542 g/mol. The Morgan fingerprint density at radius 2 is 1.85 bits per heavy atom. The third kappa shape index (κ3) is 7.20. The standard InChI is InChI=1S/C30H37F3N4O2/c1-2-3-6-20-8-10-21(11-9-20)12-13-22-14-15-23(19-24(22)30(31,32)33)25-7-4-5-18-39-28(36-25)27-26(38)16-17-37(27)29(34)35/h7-11,14-15,19,26-27,38H,2-6,12-13,16-18H2,1H3,(H3,34,35)/t26-,27-/m0/s1. The van der Waals surface area contributed by atoms with Crippen LogP contribution in [-0.4, -0.2) is 47.2 Å². The van der Waals surface area contributed by atoms with E-state index in [0.717, 1.165) is 30.9 Å². The summed E-state index contributed by atoms with van der Waals surface area (Å²) in [6, 6.07) is 11.7. The molecule has 39 heavy (non-hydrogen) atoms. The van der Waals surface area contributed by atoms with Gasteiger partial charge in [0.1, 0.15) is 6.04 Å². The van der Waals surface area contributed by atoms with Crippen LogP contribution in [0.2, 0.25) is 0 Å². The topological polar surface area (TPSA) is 94.9 Å². The van der Waals surface area contributed by atoms with Crippen molar-refractivity contribution in [3.05, 3.63) is 76.4 Å². The van der Waals surface area contributed by atoms with Crippen molar-refractivity contribution < 1.29 is 23.0 Å². The zero-order chi connectivity index (χ0) is 28.0. The Balaban J connectivity index is 1.59. The van der Waals surface area contributed by atoms with Gasteiger partial charge in [-0.15, -0.1) is 0 Å². The Hall–Kier alpha value is -3.33. The largest absolute Gasteiger partial charge is 0.479 e. The average Bonchev–Trinajstić information content (AvgIpc) is 3.28. The number of ether oxygens (including phenoxy) is 1. The molecule has 2 aromatic rings. The number of nitrogens with two attached hydrogens (primary N) is 1. The number of aryl methyl sites for hydroxylation is 3. The number of nitrogens with zero attached hydrogens (tertiary/aromatic N) is 2. The lowest BCUT2D eigenvalue weighted by atomic mass is 9.95. The van der Waals surface area contributed by atoms with Crippen molar-refractivity contribution in [1.82, 2.24) is 4.90 Å². The van der Waals surface area contributed by atoms with Crippen LogP contribution in [0.15, 0.2) is 53.5 Å². The number of benzene rings is 2. The molecule has 2 heterocycles. The van der Waals surface area contributed by atoms with Gasteiger partial charge in [-0.3, -0.25) is 5.41 Å². The fourth-order valence-electron chi connectivity index (χ4n) is 5.12. The van der Waals surface area contributed by atoms with Gasteiger partial charge in [0.25, 0.3) is 0 Å². The number of aliphatic hydroxyl groups excluding tert-OH is 1. The van der Waals surface area contributed by atoms with Crippen molar-refractivity contribution in [3.63, 3.8) is 0 Å². The maximum Gasteiger partial charge on any atom is 0.416 e. The summed E-state index contributed by atoms with van der Waals surface area (Å²) in [7, 11) is 0. The molecule has 2 aromatic carbocycles. The number of rotatable bonds is 8. The van der Waals surface area contributed by atoms with Gasteiger partial charge in [-0.2, -0.15) is 13.2 Å². The SMILES string of the molecule is CCCCc1ccc(CCc2ccc(C3=CCCCOC([C@@H]4[C@@H](O)CCN4C(=N)N)=N3)cc2C(F)(F)F)cc1. The molecule has 0 spiro atoms. The Kier molecular flexibility index (Phi) is 9.32. The van der Waals surface area contributed by atoms with Gasteiger partial charge < -0.3 is 20.5 Å². The second-order valence-electron chi connectivity index (χ2n) is 10.2. The lowest BCUT2D eigenvalue weighted by Crippen LogP contribution is -2.48. The van der Waals surface area contributed by atoms with Crippen LogP contribution in [0.3, 0.4) is 0 Å². The quantitative estimate of drug-likeness (QED) is 0.294. The maximum absolute atomic E-state index is 14.2. The van der Waals surface area contributed by atoms with Crippen molar-refractivity contribution in [3.8, 4) is 0 Å². The van der Waals surface area contributed by atoms with Crippen LogP contribution in [0.25, 0.3) is 5.70 Å². The summed E-state index contributed by atoms with van der Waals surface area (Å²) < 4.78 is 48.4. The Morgan fingerprint density at radius 3 is 2.51 bits per heavy atom. The molecule has 0 unspecified atom stereocenters. The van der Waals surface area contributed by atoms with Crippen molar-refractivity contribution in [2.75, 3.05) is 13.2 Å². The van der Waals surface area contributed by atoms with Crippen LogP contribution < -0.4 is 5.73 Å². The minimum absolute atomic E-state index is 0.168. The summed E-state index contributed by atoms with van der Waals surface area (Å²) in [6.45, 7) is 2.87. The van der Waals surface area contributed by atoms with E-state index < -0.39 is 23.9 Å². The van der Waals surface area contributed by atoms with Crippen LogP contribution in [0.5, 0.6) is 0 Å². The van der Waals surface area contributed by atoms with E-state index >= 15 is 0 Å². The number of nitrogens with one attached hydrogen (secondary N) is 1. The first-order valence-corrected chi connectivity index (χ1v) is 13.7. The smallest absolute Gasteiger partial charge is 0.416 e. The van der Waals surface area contributed by atoms with Gasteiger partial charge in [-0.1, -0.05) is 55.8 Å². The third-order valence-corrected chi connectivity index (χ3v) is 7.33. The number of aliphatic hydroxyl groups is 1. The van der Waals surface area contributed by atoms with Gasteiger partial charge in [-0.05, 0) is 67.7 Å². The molecular weight excluding hydrogens is 505 g/mol. The summed E-state index contributed by atoms with van der Waals surface area (Å²) in [4.78, 5) is 6.08. The lowest BCUT2D eigenvalue weighted by molar-refractivity contribution is -0.138. The summed E-state index contributed by atoms with van der Waals surface area (Å²) in [5.74, 6) is -0.0454. The number of halogens is 3. The molecule has 2 aliphatic rings. The van der Waals surface area contributed by atoms with Gasteiger partial charge in [0.15, 0.2) is 5.96 Å². The van der Waals surface area contributed by atoms with Gasteiger partial charge in [0.2, 0.25) is 5.90 Å². The number of aliphatic imine (C=N–C) groups is 1. The molecule has 4 rings (SSSR count). The zero-order valence-electron chi connectivity index (χ0n) is 22.3. The van der Waals surface area contributed by atoms with E-state index in [1.165, 1.54) is 16.5 Å². The minimum atomic E-state index is -4.52. The summed E-state index contributed by atoms with van der Waals surface area (Å²) >= 11 is 0. The van der Waals surface area contributed by atoms with E-state index in [2.05, 4.69) is 24.0 Å². The van der Waals surface area contributed by atoms with Gasteiger partial charge in [0.05, 0.1) is 24.0 Å². The fraction of sp³-hybridized carbons (Fsp3) is 0.467. The predicted molar refractivity (Wildman–Crippen MR) is 148 cm³/mol. The number of guanidine groups is 1. The molecule has 4 N–H and O–H groups in total. The first kappa shape index (κ1) is 28.7. The van der Waals surface area contributed by atoms with Crippen LogP contribution >= 0.6 is 0 Å². The summed E-state index contributed by atoms with van der Waals surface area (Å²) in [6.07, 6.45) is 2.08.